The van der Waals surface area contributed by atoms with Crippen molar-refractivity contribution in [3.05, 3.63) is 27.2 Å². The molecule has 3 nitrogen and oxygen atoms in total. The number of anilines is 1. The molecular formula is C13H16BrN3S. The molecule has 0 atom stereocenters. The van der Waals surface area contributed by atoms with Crippen LogP contribution in [0.3, 0.4) is 0 Å². The van der Waals surface area contributed by atoms with E-state index in [0.29, 0.717) is 11.7 Å². The molecule has 0 spiro atoms. The van der Waals surface area contributed by atoms with Gasteiger partial charge in [-0.1, -0.05) is 13.8 Å². The highest BCUT2D eigenvalue weighted by atomic mass is 79.9. The quantitative estimate of drug-likeness (QED) is 0.925. The molecule has 2 aromatic heterocycles. The molecule has 2 aromatic rings. The second-order valence-corrected chi connectivity index (χ2v) is 6.83. The summed E-state index contributed by atoms with van der Waals surface area (Å²) in [6.07, 6.45) is 0.922. The van der Waals surface area contributed by atoms with E-state index >= 15 is 0 Å². The Balaban J connectivity index is 2.41. The molecule has 0 aliphatic rings. The number of thiophene rings is 1. The summed E-state index contributed by atoms with van der Waals surface area (Å²) in [6.45, 7) is 6.41. The van der Waals surface area contributed by atoms with E-state index in [1.807, 2.05) is 12.1 Å². The van der Waals surface area contributed by atoms with Crippen LogP contribution in [-0.2, 0) is 6.42 Å². The van der Waals surface area contributed by atoms with Crippen molar-refractivity contribution in [2.45, 2.75) is 27.2 Å². The summed E-state index contributed by atoms with van der Waals surface area (Å²) in [6, 6.07) is 3.91. The van der Waals surface area contributed by atoms with Crippen LogP contribution in [-0.4, -0.2) is 9.97 Å². The third-order valence-corrected chi connectivity index (χ3v) is 4.63. The maximum absolute atomic E-state index is 5.86. The fraction of sp³-hybridized carbons (Fsp3) is 0.385. The lowest BCUT2D eigenvalue weighted by atomic mass is 10.1. The molecule has 0 saturated carbocycles. The van der Waals surface area contributed by atoms with E-state index in [9.17, 15) is 0 Å². The van der Waals surface area contributed by atoms with E-state index in [-0.39, 0.29) is 0 Å². The molecule has 0 bridgehead atoms. The molecule has 2 N–H and O–H groups in total. The molecule has 0 aromatic carbocycles. The van der Waals surface area contributed by atoms with Crippen molar-refractivity contribution in [2.24, 2.45) is 5.92 Å². The van der Waals surface area contributed by atoms with Gasteiger partial charge in [0.05, 0.1) is 4.88 Å². The van der Waals surface area contributed by atoms with Gasteiger partial charge >= 0.3 is 0 Å². The number of aryl methyl sites for hydroxylation is 1. The summed E-state index contributed by atoms with van der Waals surface area (Å²) in [4.78, 5) is 11.2. The van der Waals surface area contributed by atoms with Crippen LogP contribution in [0.1, 0.15) is 24.4 Å². The summed E-state index contributed by atoms with van der Waals surface area (Å²) < 4.78 is 1.10. The highest BCUT2D eigenvalue weighted by Crippen LogP contribution is 2.32. The number of nitrogen functional groups attached to an aromatic ring is 1. The van der Waals surface area contributed by atoms with Crippen LogP contribution in [0.4, 0.5) is 5.82 Å². The molecule has 0 radical (unpaired) electrons. The number of nitrogens with two attached hydrogens (primary N) is 1. The summed E-state index contributed by atoms with van der Waals surface area (Å²) in [5.41, 5.74) is 6.87. The minimum absolute atomic E-state index is 0.540. The highest BCUT2D eigenvalue weighted by molar-refractivity contribution is 9.10. The summed E-state index contributed by atoms with van der Waals surface area (Å²) in [7, 11) is 0. The van der Waals surface area contributed by atoms with Gasteiger partial charge in [0.1, 0.15) is 5.82 Å². The molecule has 0 amide bonds. The summed E-state index contributed by atoms with van der Waals surface area (Å²) in [5.74, 6) is 1.83. The third-order valence-electron chi connectivity index (χ3n) is 2.49. The Labute approximate surface area is 120 Å². The zero-order valence-electron chi connectivity index (χ0n) is 10.7. The Bertz CT molecular complexity index is 544. The zero-order valence-corrected chi connectivity index (χ0v) is 13.1. The second kappa shape index (κ2) is 5.36. The number of hydrogen-bond acceptors (Lipinski definition) is 4. The van der Waals surface area contributed by atoms with Crippen LogP contribution in [0.25, 0.3) is 10.7 Å². The average Bonchev–Trinajstić information content (AvgIpc) is 2.57. The molecule has 2 heterocycles. The Morgan fingerprint density at radius 3 is 2.61 bits per heavy atom. The van der Waals surface area contributed by atoms with E-state index in [1.54, 1.807) is 11.3 Å². The number of hydrogen-bond donors (Lipinski definition) is 1. The van der Waals surface area contributed by atoms with Crippen LogP contribution in [0, 0.1) is 12.8 Å². The van der Waals surface area contributed by atoms with Gasteiger partial charge in [-0.2, -0.15) is 0 Å². The molecule has 96 valence electrons. The predicted molar refractivity (Wildman–Crippen MR) is 80.7 cm³/mol. The molecule has 18 heavy (non-hydrogen) atoms. The first kappa shape index (κ1) is 13.5. The maximum atomic E-state index is 5.86. The normalized spacial score (nSPS) is 11.2. The fourth-order valence-corrected chi connectivity index (χ4v) is 3.19. The van der Waals surface area contributed by atoms with Gasteiger partial charge < -0.3 is 5.73 Å². The molecule has 5 heteroatoms. The SMILES string of the molecule is Cc1sc(-c2nc(N)cc(CC(C)C)n2)cc1Br. The third kappa shape index (κ3) is 3.09. The molecule has 0 saturated heterocycles. The van der Waals surface area contributed by atoms with Crippen molar-refractivity contribution in [3.8, 4) is 10.7 Å². The van der Waals surface area contributed by atoms with Crippen LogP contribution < -0.4 is 5.73 Å². The van der Waals surface area contributed by atoms with Crippen LogP contribution in [0.5, 0.6) is 0 Å². The van der Waals surface area contributed by atoms with Gasteiger partial charge in [0, 0.05) is 21.1 Å². The Morgan fingerprint density at radius 1 is 1.33 bits per heavy atom. The van der Waals surface area contributed by atoms with E-state index in [2.05, 4.69) is 46.7 Å². The van der Waals surface area contributed by atoms with Gasteiger partial charge in [-0.25, -0.2) is 9.97 Å². The highest BCUT2D eigenvalue weighted by Gasteiger charge is 2.10. The largest absolute Gasteiger partial charge is 0.384 e. The van der Waals surface area contributed by atoms with Crippen LogP contribution in [0.2, 0.25) is 0 Å². The van der Waals surface area contributed by atoms with Gasteiger partial charge in [0.2, 0.25) is 0 Å². The van der Waals surface area contributed by atoms with Crippen LogP contribution in [0.15, 0.2) is 16.6 Å². The monoisotopic (exact) mass is 325 g/mol. The summed E-state index contributed by atoms with van der Waals surface area (Å²) in [5, 5.41) is 0. The van der Waals surface area contributed by atoms with Crippen molar-refractivity contribution in [1.29, 1.82) is 0 Å². The van der Waals surface area contributed by atoms with Crippen molar-refractivity contribution in [3.63, 3.8) is 0 Å². The number of rotatable bonds is 3. The van der Waals surface area contributed by atoms with E-state index in [0.717, 1.165) is 27.3 Å². The molecular weight excluding hydrogens is 310 g/mol. The fourth-order valence-electron chi connectivity index (χ4n) is 1.72. The standard InChI is InChI=1S/C13H16BrN3S/c1-7(2)4-9-5-12(15)17-13(16-9)11-6-10(14)8(3)18-11/h5-7H,4H2,1-3H3,(H2,15,16,17). The van der Waals surface area contributed by atoms with Gasteiger partial charge in [-0.15, -0.1) is 11.3 Å². The minimum Gasteiger partial charge on any atom is -0.384 e. The molecule has 0 aliphatic heterocycles. The second-order valence-electron chi connectivity index (χ2n) is 4.72. The van der Waals surface area contributed by atoms with E-state index < -0.39 is 0 Å². The molecule has 0 fully saturated rings. The van der Waals surface area contributed by atoms with Gasteiger partial charge in [0.25, 0.3) is 0 Å². The van der Waals surface area contributed by atoms with Crippen LogP contribution >= 0.6 is 27.3 Å². The smallest absolute Gasteiger partial charge is 0.171 e. The van der Waals surface area contributed by atoms with Gasteiger partial charge in [-0.3, -0.25) is 0 Å². The van der Waals surface area contributed by atoms with Crippen molar-refractivity contribution >= 4 is 33.1 Å². The molecule has 0 unspecified atom stereocenters. The average molecular weight is 326 g/mol. The molecule has 0 aliphatic carbocycles. The first-order valence-electron chi connectivity index (χ1n) is 5.85. The minimum atomic E-state index is 0.540. The Hall–Kier alpha value is -0.940. The van der Waals surface area contributed by atoms with Gasteiger partial charge in [0.15, 0.2) is 5.82 Å². The molecule has 2 rings (SSSR count). The van der Waals surface area contributed by atoms with E-state index in [4.69, 9.17) is 5.73 Å². The predicted octanol–water partition coefficient (Wildman–Crippen LogP) is 4.06. The number of halogens is 1. The number of nitrogens with zero attached hydrogens (tertiary/aromatic N) is 2. The lowest BCUT2D eigenvalue weighted by Crippen LogP contribution is -2.02. The first-order valence-corrected chi connectivity index (χ1v) is 7.46. The van der Waals surface area contributed by atoms with E-state index in [1.165, 1.54) is 4.88 Å². The number of aromatic nitrogens is 2. The summed E-state index contributed by atoms with van der Waals surface area (Å²) >= 11 is 5.19. The lowest BCUT2D eigenvalue weighted by molar-refractivity contribution is 0.635. The van der Waals surface area contributed by atoms with Crippen molar-refractivity contribution < 1.29 is 0 Å². The van der Waals surface area contributed by atoms with Crippen molar-refractivity contribution in [2.75, 3.05) is 5.73 Å². The topological polar surface area (TPSA) is 51.8 Å². The lowest BCUT2D eigenvalue weighted by Gasteiger charge is -2.06. The Kier molecular flexibility index (Phi) is 4.02. The van der Waals surface area contributed by atoms with Crippen molar-refractivity contribution in [1.82, 2.24) is 9.97 Å². The van der Waals surface area contributed by atoms with Gasteiger partial charge in [-0.05, 0) is 41.3 Å². The maximum Gasteiger partial charge on any atom is 0.171 e. The first-order chi connectivity index (χ1) is 8.45. The Morgan fingerprint density at radius 2 is 2.06 bits per heavy atom. The zero-order chi connectivity index (χ0) is 13.3.